The summed E-state index contributed by atoms with van der Waals surface area (Å²) in [5, 5.41) is 11.4. The van der Waals surface area contributed by atoms with Crippen molar-refractivity contribution < 1.29 is 9.90 Å². The topological polar surface area (TPSA) is 75.3 Å². The Morgan fingerprint density at radius 3 is 3.00 bits per heavy atom. The lowest BCUT2D eigenvalue weighted by Gasteiger charge is -2.07. The minimum atomic E-state index is -0.983. The van der Waals surface area contributed by atoms with Crippen molar-refractivity contribution in [3.8, 4) is 12.3 Å². The number of rotatable bonds is 7. The van der Waals surface area contributed by atoms with E-state index in [1.807, 2.05) is 0 Å². The van der Waals surface area contributed by atoms with E-state index in [0.717, 1.165) is 12.3 Å². The molecule has 0 aliphatic rings. The van der Waals surface area contributed by atoms with Gasteiger partial charge in [0, 0.05) is 18.8 Å². The molecule has 0 bridgehead atoms. The third-order valence-corrected chi connectivity index (χ3v) is 2.15. The largest absolute Gasteiger partial charge is 0.480 e. The molecule has 0 rings (SSSR count). The zero-order valence-corrected chi connectivity index (χ0v) is 8.14. The first kappa shape index (κ1) is 12.3. The van der Waals surface area contributed by atoms with Gasteiger partial charge in [0.15, 0.2) is 0 Å². The highest BCUT2D eigenvalue weighted by atomic mass is 32.2. The van der Waals surface area contributed by atoms with Crippen LogP contribution in [0.2, 0.25) is 0 Å². The minimum Gasteiger partial charge on any atom is -0.480 e. The van der Waals surface area contributed by atoms with Gasteiger partial charge in [0.1, 0.15) is 6.04 Å². The van der Waals surface area contributed by atoms with Crippen LogP contribution in [0.25, 0.3) is 0 Å². The molecule has 0 heterocycles. The number of hydrogen-bond acceptors (Lipinski definition) is 4. The lowest BCUT2D eigenvalue weighted by atomic mass is 10.3. The fourth-order valence-electron chi connectivity index (χ4n) is 0.620. The van der Waals surface area contributed by atoms with Crippen molar-refractivity contribution in [3.05, 3.63) is 0 Å². The summed E-state index contributed by atoms with van der Waals surface area (Å²) < 4.78 is 0. The summed E-state index contributed by atoms with van der Waals surface area (Å²) in [6.07, 6.45) is 5.04. The molecule has 74 valence electrons. The maximum atomic E-state index is 10.3. The zero-order valence-electron chi connectivity index (χ0n) is 7.32. The summed E-state index contributed by atoms with van der Waals surface area (Å²) in [7, 11) is 0. The molecule has 0 aliphatic heterocycles. The fourth-order valence-corrected chi connectivity index (χ4v) is 1.17. The van der Waals surface area contributed by atoms with E-state index in [0.29, 0.717) is 12.3 Å². The first-order chi connectivity index (χ1) is 6.18. The van der Waals surface area contributed by atoms with Gasteiger partial charge in [-0.25, -0.2) is 0 Å². The van der Waals surface area contributed by atoms with Gasteiger partial charge < -0.3 is 16.2 Å². The number of nitrogens with one attached hydrogen (secondary N) is 1. The summed E-state index contributed by atoms with van der Waals surface area (Å²) >= 11 is 1.63. The summed E-state index contributed by atoms with van der Waals surface area (Å²) in [5.74, 6) is 3.08. The molecular formula is C8H14N2O2S. The van der Waals surface area contributed by atoms with Crippen LogP contribution >= 0.6 is 11.8 Å². The van der Waals surface area contributed by atoms with Crippen LogP contribution in [0, 0.1) is 12.3 Å². The molecule has 1 atom stereocenters. The monoisotopic (exact) mass is 202 g/mol. The van der Waals surface area contributed by atoms with E-state index in [4.69, 9.17) is 17.3 Å². The van der Waals surface area contributed by atoms with Gasteiger partial charge in [-0.05, 0) is 0 Å². The minimum absolute atomic E-state index is 0.298. The number of nitrogens with two attached hydrogens (primary N) is 1. The van der Waals surface area contributed by atoms with Gasteiger partial charge in [-0.1, -0.05) is 5.92 Å². The normalized spacial score (nSPS) is 12.0. The second-order valence-corrected chi connectivity index (χ2v) is 3.51. The van der Waals surface area contributed by atoms with Crippen molar-refractivity contribution >= 4 is 17.7 Å². The van der Waals surface area contributed by atoms with Gasteiger partial charge in [-0.3, -0.25) is 4.79 Å². The first-order valence-electron chi connectivity index (χ1n) is 3.88. The van der Waals surface area contributed by atoms with Gasteiger partial charge in [-0.15, -0.1) is 18.2 Å². The lowest BCUT2D eigenvalue weighted by Crippen LogP contribution is -2.40. The first-order valence-corrected chi connectivity index (χ1v) is 5.04. The molecule has 0 aliphatic carbocycles. The van der Waals surface area contributed by atoms with E-state index in [-0.39, 0.29) is 0 Å². The van der Waals surface area contributed by atoms with Crippen molar-refractivity contribution in [2.75, 3.05) is 24.6 Å². The van der Waals surface area contributed by atoms with Crippen LogP contribution < -0.4 is 11.1 Å². The van der Waals surface area contributed by atoms with Gasteiger partial charge in [-0.2, -0.15) is 0 Å². The molecule has 4 N–H and O–H groups in total. The van der Waals surface area contributed by atoms with Crippen LogP contribution in [0.5, 0.6) is 0 Å². The Hall–Kier alpha value is -0.700. The number of carboxylic acids is 1. The SMILES string of the molecule is C#CCSCCNCC(N)C(=O)O. The van der Waals surface area contributed by atoms with E-state index in [2.05, 4.69) is 11.2 Å². The van der Waals surface area contributed by atoms with Crippen LogP contribution in [0.4, 0.5) is 0 Å². The third kappa shape index (κ3) is 7.65. The van der Waals surface area contributed by atoms with Crippen molar-refractivity contribution in [2.24, 2.45) is 5.73 Å². The molecule has 0 saturated carbocycles. The second-order valence-electron chi connectivity index (χ2n) is 2.41. The van der Waals surface area contributed by atoms with E-state index in [1.165, 1.54) is 0 Å². The van der Waals surface area contributed by atoms with Gasteiger partial charge >= 0.3 is 5.97 Å². The summed E-state index contributed by atoms with van der Waals surface area (Å²) in [6, 6.07) is -0.822. The molecular weight excluding hydrogens is 188 g/mol. The Morgan fingerprint density at radius 2 is 2.46 bits per heavy atom. The molecule has 0 radical (unpaired) electrons. The van der Waals surface area contributed by atoms with E-state index < -0.39 is 12.0 Å². The molecule has 0 fully saturated rings. The molecule has 0 saturated heterocycles. The average molecular weight is 202 g/mol. The Labute approximate surface area is 82.3 Å². The standard InChI is InChI=1S/C8H14N2O2S/c1-2-4-13-5-3-10-6-7(9)8(11)12/h1,7,10H,3-6,9H2,(H,11,12). The van der Waals surface area contributed by atoms with E-state index in [9.17, 15) is 4.79 Å². The maximum Gasteiger partial charge on any atom is 0.321 e. The van der Waals surface area contributed by atoms with Crippen LogP contribution in [0.15, 0.2) is 0 Å². The molecule has 0 amide bonds. The zero-order chi connectivity index (χ0) is 10.1. The summed E-state index contributed by atoms with van der Waals surface area (Å²) in [6.45, 7) is 1.03. The molecule has 0 aromatic rings. The second kappa shape index (κ2) is 7.92. The molecule has 4 nitrogen and oxygen atoms in total. The van der Waals surface area contributed by atoms with Crippen molar-refractivity contribution in [2.45, 2.75) is 6.04 Å². The molecule has 0 aromatic heterocycles. The molecule has 0 spiro atoms. The van der Waals surface area contributed by atoms with E-state index >= 15 is 0 Å². The summed E-state index contributed by atoms with van der Waals surface area (Å²) in [4.78, 5) is 10.3. The smallest absolute Gasteiger partial charge is 0.321 e. The number of carbonyl (C=O) groups is 1. The predicted molar refractivity (Wildman–Crippen MR) is 54.6 cm³/mol. The molecule has 1 unspecified atom stereocenters. The van der Waals surface area contributed by atoms with Crippen molar-refractivity contribution in [1.82, 2.24) is 5.32 Å². The third-order valence-electron chi connectivity index (χ3n) is 1.29. The average Bonchev–Trinajstić information content (AvgIpc) is 2.10. The fraction of sp³-hybridized carbons (Fsp3) is 0.625. The Bertz CT molecular complexity index is 191. The van der Waals surface area contributed by atoms with Crippen molar-refractivity contribution in [1.29, 1.82) is 0 Å². The number of aliphatic carboxylic acids is 1. The van der Waals surface area contributed by atoms with E-state index in [1.54, 1.807) is 11.8 Å². The van der Waals surface area contributed by atoms with Gasteiger partial charge in [0.2, 0.25) is 0 Å². The maximum absolute atomic E-state index is 10.3. The van der Waals surface area contributed by atoms with Gasteiger partial charge in [0.25, 0.3) is 0 Å². The van der Waals surface area contributed by atoms with Crippen LogP contribution in [-0.4, -0.2) is 41.7 Å². The number of hydrogen-bond donors (Lipinski definition) is 3. The molecule has 0 aromatic carbocycles. The van der Waals surface area contributed by atoms with Crippen LogP contribution in [0.3, 0.4) is 0 Å². The number of thioether (sulfide) groups is 1. The number of carboxylic acid groups (broad SMARTS) is 1. The highest BCUT2D eigenvalue weighted by Gasteiger charge is 2.09. The quantitative estimate of drug-likeness (QED) is 0.378. The Kier molecular flexibility index (Phi) is 7.50. The highest BCUT2D eigenvalue weighted by molar-refractivity contribution is 7.99. The molecule has 5 heteroatoms. The summed E-state index contributed by atoms with van der Waals surface area (Å²) in [5.41, 5.74) is 5.26. The number of terminal acetylenes is 1. The Morgan fingerprint density at radius 1 is 1.77 bits per heavy atom. The van der Waals surface area contributed by atoms with Gasteiger partial charge in [0.05, 0.1) is 5.75 Å². The highest BCUT2D eigenvalue weighted by Crippen LogP contribution is 1.94. The molecule has 13 heavy (non-hydrogen) atoms. The lowest BCUT2D eigenvalue weighted by molar-refractivity contribution is -0.138. The van der Waals surface area contributed by atoms with Crippen LogP contribution in [-0.2, 0) is 4.79 Å². The van der Waals surface area contributed by atoms with Crippen molar-refractivity contribution in [3.63, 3.8) is 0 Å². The predicted octanol–water partition coefficient (Wildman–Crippen LogP) is -0.646. The van der Waals surface area contributed by atoms with Crippen LogP contribution in [0.1, 0.15) is 0 Å². The Balaban J connectivity index is 3.17.